The van der Waals surface area contributed by atoms with Crippen LogP contribution in [0.4, 0.5) is 0 Å². The first kappa shape index (κ1) is 15.2. The van der Waals surface area contributed by atoms with E-state index in [-0.39, 0.29) is 6.61 Å². The second-order valence-electron chi connectivity index (χ2n) is 4.46. The van der Waals surface area contributed by atoms with Crippen molar-refractivity contribution in [3.8, 4) is 17.1 Å². The molecule has 0 saturated carbocycles. The lowest BCUT2D eigenvalue weighted by Gasteiger charge is -2.16. The maximum atomic E-state index is 9.03. The summed E-state index contributed by atoms with van der Waals surface area (Å²) in [5.41, 5.74) is 0.785. The zero-order chi connectivity index (χ0) is 15.1. The predicted molar refractivity (Wildman–Crippen MR) is 78.8 cm³/mol. The summed E-state index contributed by atoms with van der Waals surface area (Å²) in [6.07, 6.45) is 1.77. The Morgan fingerprint density at radius 2 is 2.24 bits per heavy atom. The van der Waals surface area contributed by atoms with Crippen molar-refractivity contribution in [3.63, 3.8) is 0 Å². The Morgan fingerprint density at radius 3 is 2.95 bits per heavy atom. The van der Waals surface area contributed by atoms with E-state index in [1.165, 1.54) is 0 Å². The predicted octanol–water partition coefficient (Wildman–Crippen LogP) is 1.73. The highest BCUT2D eigenvalue weighted by Gasteiger charge is 2.14. The highest BCUT2D eigenvalue weighted by molar-refractivity contribution is 5.63. The number of aliphatic hydroxyl groups is 1. The number of aromatic nitrogens is 2. The van der Waals surface area contributed by atoms with E-state index in [1.54, 1.807) is 13.2 Å². The molecule has 0 aliphatic rings. The topological polar surface area (TPSA) is 71.6 Å². The first-order chi connectivity index (χ1) is 10.3. The van der Waals surface area contributed by atoms with Crippen LogP contribution in [0.2, 0.25) is 0 Å². The van der Waals surface area contributed by atoms with Crippen LogP contribution in [0, 0.1) is 0 Å². The summed E-state index contributed by atoms with van der Waals surface area (Å²) < 4.78 is 10.6. The summed E-state index contributed by atoms with van der Waals surface area (Å²) in [7, 11) is 1.60. The molecule has 2 aromatic rings. The molecule has 0 fully saturated rings. The largest absolute Gasteiger partial charge is 0.496 e. The van der Waals surface area contributed by atoms with Gasteiger partial charge >= 0.3 is 0 Å². The van der Waals surface area contributed by atoms with Crippen molar-refractivity contribution in [2.24, 2.45) is 0 Å². The van der Waals surface area contributed by atoms with Crippen molar-refractivity contribution in [1.29, 1.82) is 0 Å². The van der Waals surface area contributed by atoms with Crippen molar-refractivity contribution in [3.05, 3.63) is 42.8 Å². The molecule has 112 valence electrons. The zero-order valence-corrected chi connectivity index (χ0v) is 12.0. The Kier molecular flexibility index (Phi) is 5.48. The molecule has 0 bridgehead atoms. The molecule has 0 atom stereocenters. The molecule has 0 aliphatic heterocycles. The molecule has 0 radical (unpaired) electrons. The smallest absolute Gasteiger partial charge is 0.241 e. The fourth-order valence-corrected chi connectivity index (χ4v) is 2.01. The van der Waals surface area contributed by atoms with E-state index in [2.05, 4.69) is 16.7 Å². The van der Waals surface area contributed by atoms with E-state index < -0.39 is 0 Å². The summed E-state index contributed by atoms with van der Waals surface area (Å²) in [5, 5.41) is 13.0. The fraction of sp³-hybridized carbons (Fsp3) is 0.333. The maximum absolute atomic E-state index is 9.03. The minimum absolute atomic E-state index is 0.0708. The first-order valence-electron chi connectivity index (χ1n) is 6.68. The van der Waals surface area contributed by atoms with Gasteiger partial charge in [-0.2, -0.15) is 4.98 Å². The number of para-hydroxylation sites is 1. The number of hydrogen-bond donors (Lipinski definition) is 1. The van der Waals surface area contributed by atoms with Crippen molar-refractivity contribution in [2.45, 2.75) is 6.54 Å². The van der Waals surface area contributed by atoms with Crippen molar-refractivity contribution in [2.75, 3.05) is 26.8 Å². The Hall–Kier alpha value is -2.18. The number of aliphatic hydroxyl groups excluding tert-OH is 1. The van der Waals surface area contributed by atoms with Gasteiger partial charge in [-0.05, 0) is 12.1 Å². The molecule has 1 aromatic carbocycles. The lowest BCUT2D eigenvalue weighted by molar-refractivity contribution is 0.186. The number of hydrogen-bond acceptors (Lipinski definition) is 6. The summed E-state index contributed by atoms with van der Waals surface area (Å²) >= 11 is 0. The molecule has 2 rings (SSSR count). The molecule has 1 aromatic heterocycles. The van der Waals surface area contributed by atoms with Crippen LogP contribution in [0.3, 0.4) is 0 Å². The highest BCUT2D eigenvalue weighted by atomic mass is 16.5. The second-order valence-corrected chi connectivity index (χ2v) is 4.46. The van der Waals surface area contributed by atoms with E-state index >= 15 is 0 Å². The van der Waals surface area contributed by atoms with Gasteiger partial charge in [0.1, 0.15) is 5.75 Å². The molecule has 6 nitrogen and oxygen atoms in total. The molecule has 0 amide bonds. The van der Waals surface area contributed by atoms with Crippen LogP contribution in [-0.2, 0) is 6.54 Å². The summed E-state index contributed by atoms with van der Waals surface area (Å²) in [6.45, 7) is 5.40. The number of methoxy groups -OCH3 is 1. The molecule has 1 heterocycles. The van der Waals surface area contributed by atoms with Gasteiger partial charge in [0.25, 0.3) is 0 Å². The minimum Gasteiger partial charge on any atom is -0.496 e. The Bertz CT molecular complexity index is 583. The van der Waals surface area contributed by atoms with Crippen LogP contribution in [0.15, 0.2) is 41.4 Å². The van der Waals surface area contributed by atoms with E-state index in [1.807, 2.05) is 29.2 Å². The van der Waals surface area contributed by atoms with Crippen LogP contribution in [0.5, 0.6) is 5.75 Å². The maximum Gasteiger partial charge on any atom is 0.241 e. The van der Waals surface area contributed by atoms with Crippen LogP contribution >= 0.6 is 0 Å². The average molecular weight is 289 g/mol. The van der Waals surface area contributed by atoms with Crippen LogP contribution in [-0.4, -0.2) is 47.0 Å². The first-order valence-corrected chi connectivity index (χ1v) is 6.68. The number of rotatable bonds is 8. The van der Waals surface area contributed by atoms with Crippen LogP contribution in [0.1, 0.15) is 5.89 Å². The van der Waals surface area contributed by atoms with Gasteiger partial charge in [-0.1, -0.05) is 23.4 Å². The summed E-state index contributed by atoms with van der Waals surface area (Å²) in [6, 6.07) is 7.50. The summed E-state index contributed by atoms with van der Waals surface area (Å²) in [5.74, 6) is 1.68. The molecule has 0 saturated heterocycles. The normalized spacial score (nSPS) is 10.8. The van der Waals surface area contributed by atoms with Crippen molar-refractivity contribution < 1.29 is 14.4 Å². The fourth-order valence-electron chi connectivity index (χ4n) is 2.01. The van der Waals surface area contributed by atoms with E-state index in [4.69, 9.17) is 14.4 Å². The van der Waals surface area contributed by atoms with Gasteiger partial charge in [0.05, 0.1) is 25.8 Å². The SMILES string of the molecule is C=CCN(CCO)Cc1nc(-c2ccccc2OC)no1. The third-order valence-electron chi connectivity index (χ3n) is 2.98. The molecule has 6 heteroatoms. The van der Waals surface area contributed by atoms with Crippen molar-refractivity contribution >= 4 is 0 Å². The molecule has 1 N–H and O–H groups in total. The third kappa shape index (κ3) is 3.90. The standard InChI is InChI=1S/C15H19N3O3/c1-3-8-18(9-10-19)11-14-16-15(17-21-14)12-6-4-5-7-13(12)20-2/h3-7,19H,1,8-11H2,2H3. The Morgan fingerprint density at radius 1 is 1.43 bits per heavy atom. The van der Waals surface area contributed by atoms with Crippen LogP contribution in [0.25, 0.3) is 11.4 Å². The van der Waals surface area contributed by atoms with Gasteiger partial charge in [0.2, 0.25) is 11.7 Å². The molecule has 0 spiro atoms. The monoisotopic (exact) mass is 289 g/mol. The van der Waals surface area contributed by atoms with Gasteiger partial charge in [-0.25, -0.2) is 0 Å². The summed E-state index contributed by atoms with van der Waals surface area (Å²) in [4.78, 5) is 6.34. The Balaban J connectivity index is 2.15. The number of ether oxygens (including phenoxy) is 1. The van der Waals surface area contributed by atoms with E-state index in [9.17, 15) is 0 Å². The van der Waals surface area contributed by atoms with E-state index in [0.717, 1.165) is 5.56 Å². The van der Waals surface area contributed by atoms with Gasteiger partial charge < -0.3 is 14.4 Å². The molecule has 21 heavy (non-hydrogen) atoms. The van der Waals surface area contributed by atoms with Gasteiger partial charge in [-0.15, -0.1) is 6.58 Å². The lowest BCUT2D eigenvalue weighted by Crippen LogP contribution is -2.26. The Labute approximate surface area is 123 Å². The van der Waals surface area contributed by atoms with Gasteiger partial charge in [-0.3, -0.25) is 4.90 Å². The molecule has 0 unspecified atom stereocenters. The lowest BCUT2D eigenvalue weighted by atomic mass is 10.2. The van der Waals surface area contributed by atoms with E-state index in [0.29, 0.717) is 37.1 Å². The number of nitrogens with zero attached hydrogens (tertiary/aromatic N) is 3. The second kappa shape index (κ2) is 7.56. The molecule has 0 aliphatic carbocycles. The molecular weight excluding hydrogens is 270 g/mol. The minimum atomic E-state index is 0.0708. The zero-order valence-electron chi connectivity index (χ0n) is 12.0. The highest BCUT2D eigenvalue weighted by Crippen LogP contribution is 2.27. The average Bonchev–Trinajstić information content (AvgIpc) is 2.96. The third-order valence-corrected chi connectivity index (χ3v) is 2.98. The van der Waals surface area contributed by atoms with Crippen LogP contribution < -0.4 is 4.74 Å². The molecular formula is C15H19N3O3. The quantitative estimate of drug-likeness (QED) is 0.746. The van der Waals surface area contributed by atoms with Gasteiger partial charge in [0, 0.05) is 13.1 Å². The van der Waals surface area contributed by atoms with Gasteiger partial charge in [0.15, 0.2) is 0 Å². The van der Waals surface area contributed by atoms with Crippen molar-refractivity contribution in [1.82, 2.24) is 15.0 Å². The number of benzene rings is 1.